The fourth-order valence-corrected chi connectivity index (χ4v) is 1.31. The number of anilines is 1. The molecule has 1 aromatic heterocycles. The lowest BCUT2D eigenvalue weighted by Crippen LogP contribution is -2.00. The van der Waals surface area contributed by atoms with Gasteiger partial charge in [0, 0.05) is 18.6 Å². The zero-order valence-electron chi connectivity index (χ0n) is 7.62. The van der Waals surface area contributed by atoms with Crippen LogP contribution in [0.25, 0.3) is 0 Å². The Labute approximate surface area is 85.0 Å². The molecule has 3 rings (SSSR count). The molecule has 2 aliphatic heterocycles. The highest BCUT2D eigenvalue weighted by Gasteiger charge is 2.19. The van der Waals surface area contributed by atoms with E-state index >= 15 is 0 Å². The standard InChI is InChI=1S/C9H6N6/c10-9-12-3-5(4-13-9)7-14-6-1-2-11-8(6)15-7/h1-4H,(H2,10,12,13). The molecule has 2 N–H and O–H groups in total. The Hall–Kier alpha value is -2.37. The van der Waals surface area contributed by atoms with Crippen LogP contribution >= 0.6 is 0 Å². The van der Waals surface area contributed by atoms with E-state index in [0.29, 0.717) is 11.7 Å². The minimum absolute atomic E-state index is 0.238. The number of hydrogen-bond acceptors (Lipinski definition) is 6. The summed E-state index contributed by atoms with van der Waals surface area (Å²) in [5.41, 5.74) is 6.90. The molecular weight excluding hydrogens is 192 g/mol. The maximum absolute atomic E-state index is 5.38. The summed E-state index contributed by atoms with van der Waals surface area (Å²) in [7, 11) is 0. The van der Waals surface area contributed by atoms with Crippen LogP contribution in [-0.4, -0.2) is 27.4 Å². The monoisotopic (exact) mass is 198 g/mol. The van der Waals surface area contributed by atoms with Crippen molar-refractivity contribution in [1.82, 2.24) is 9.97 Å². The third-order valence-corrected chi connectivity index (χ3v) is 2.03. The Kier molecular flexibility index (Phi) is 1.49. The number of nitrogens with zero attached hydrogens (tertiary/aromatic N) is 5. The molecule has 72 valence electrons. The lowest BCUT2D eigenvalue weighted by molar-refractivity contribution is 1.17. The van der Waals surface area contributed by atoms with Gasteiger partial charge in [-0.05, 0) is 6.08 Å². The second kappa shape index (κ2) is 2.81. The first-order valence-corrected chi connectivity index (χ1v) is 4.33. The van der Waals surface area contributed by atoms with Crippen molar-refractivity contribution in [2.75, 3.05) is 5.73 Å². The summed E-state index contributed by atoms with van der Waals surface area (Å²) in [6.07, 6.45) is 6.67. The van der Waals surface area contributed by atoms with Crippen molar-refractivity contribution < 1.29 is 0 Å². The van der Waals surface area contributed by atoms with Crippen LogP contribution in [-0.2, 0) is 0 Å². The van der Waals surface area contributed by atoms with Gasteiger partial charge in [-0.25, -0.2) is 24.9 Å². The molecule has 0 aliphatic carbocycles. The summed E-state index contributed by atoms with van der Waals surface area (Å²) in [4.78, 5) is 20.3. The zero-order valence-corrected chi connectivity index (χ0v) is 7.62. The molecular formula is C9H6N6. The number of nitrogen functional groups attached to an aromatic ring is 1. The van der Waals surface area contributed by atoms with Crippen molar-refractivity contribution in [1.29, 1.82) is 0 Å². The average Bonchev–Trinajstić information content (AvgIpc) is 2.78. The third kappa shape index (κ3) is 1.23. The first kappa shape index (κ1) is 7.98. The van der Waals surface area contributed by atoms with Crippen LogP contribution in [0.1, 0.15) is 5.56 Å². The third-order valence-electron chi connectivity index (χ3n) is 2.03. The number of aromatic nitrogens is 2. The Morgan fingerprint density at radius 1 is 1.00 bits per heavy atom. The van der Waals surface area contributed by atoms with E-state index in [9.17, 15) is 0 Å². The van der Waals surface area contributed by atoms with Crippen LogP contribution in [0.15, 0.2) is 39.6 Å². The van der Waals surface area contributed by atoms with E-state index in [1.807, 2.05) is 6.08 Å². The van der Waals surface area contributed by atoms with Gasteiger partial charge in [0.1, 0.15) is 5.71 Å². The topological polar surface area (TPSA) is 88.9 Å². The van der Waals surface area contributed by atoms with Gasteiger partial charge >= 0.3 is 0 Å². The quantitative estimate of drug-likeness (QED) is 0.698. The molecule has 0 bridgehead atoms. The molecule has 0 amide bonds. The van der Waals surface area contributed by atoms with E-state index in [1.54, 1.807) is 18.6 Å². The number of aliphatic imine (C=N–C) groups is 3. The minimum Gasteiger partial charge on any atom is -0.368 e. The SMILES string of the molecule is Nc1ncc(C2=NC3=NC=CC3=N2)cn1. The van der Waals surface area contributed by atoms with Crippen LogP contribution in [0.5, 0.6) is 0 Å². The highest BCUT2D eigenvalue weighted by Crippen LogP contribution is 2.12. The van der Waals surface area contributed by atoms with Gasteiger partial charge in [-0.15, -0.1) is 0 Å². The summed E-state index contributed by atoms with van der Waals surface area (Å²) in [5, 5.41) is 0. The van der Waals surface area contributed by atoms with Gasteiger partial charge in [-0.2, -0.15) is 0 Å². The van der Waals surface area contributed by atoms with Gasteiger partial charge in [0.15, 0.2) is 11.7 Å². The second-order valence-corrected chi connectivity index (χ2v) is 3.03. The van der Waals surface area contributed by atoms with Crippen molar-refractivity contribution >= 4 is 23.3 Å². The summed E-state index contributed by atoms with van der Waals surface area (Å²) < 4.78 is 0. The summed E-state index contributed by atoms with van der Waals surface area (Å²) >= 11 is 0. The average molecular weight is 198 g/mol. The van der Waals surface area contributed by atoms with E-state index < -0.39 is 0 Å². The molecule has 0 radical (unpaired) electrons. The van der Waals surface area contributed by atoms with E-state index in [0.717, 1.165) is 11.3 Å². The van der Waals surface area contributed by atoms with Crippen LogP contribution < -0.4 is 5.73 Å². The molecule has 0 fully saturated rings. The Morgan fingerprint density at radius 2 is 1.80 bits per heavy atom. The van der Waals surface area contributed by atoms with Crippen molar-refractivity contribution in [3.05, 3.63) is 30.2 Å². The molecule has 6 nitrogen and oxygen atoms in total. The number of amidine groups is 2. The van der Waals surface area contributed by atoms with Crippen molar-refractivity contribution in [3.63, 3.8) is 0 Å². The number of hydrogen-bond donors (Lipinski definition) is 1. The van der Waals surface area contributed by atoms with Gasteiger partial charge in [-0.1, -0.05) is 0 Å². The number of nitrogens with two attached hydrogens (primary N) is 1. The van der Waals surface area contributed by atoms with Gasteiger partial charge < -0.3 is 5.73 Å². The highest BCUT2D eigenvalue weighted by molar-refractivity contribution is 6.53. The molecule has 0 aromatic carbocycles. The van der Waals surface area contributed by atoms with E-state index in [2.05, 4.69) is 24.9 Å². The highest BCUT2D eigenvalue weighted by atomic mass is 15.1. The lowest BCUT2D eigenvalue weighted by Gasteiger charge is -1.95. The molecule has 2 aliphatic rings. The van der Waals surface area contributed by atoms with E-state index in [-0.39, 0.29) is 5.95 Å². The fraction of sp³-hybridized carbons (Fsp3) is 0. The fourth-order valence-electron chi connectivity index (χ4n) is 1.31. The van der Waals surface area contributed by atoms with Crippen molar-refractivity contribution in [3.8, 4) is 0 Å². The molecule has 0 saturated carbocycles. The van der Waals surface area contributed by atoms with Crippen LogP contribution in [0.3, 0.4) is 0 Å². The first-order chi connectivity index (χ1) is 7.33. The molecule has 6 heteroatoms. The van der Waals surface area contributed by atoms with Crippen LogP contribution in [0.4, 0.5) is 5.95 Å². The maximum atomic E-state index is 5.38. The van der Waals surface area contributed by atoms with Crippen molar-refractivity contribution in [2.45, 2.75) is 0 Å². The lowest BCUT2D eigenvalue weighted by atomic mass is 10.3. The molecule has 3 heterocycles. The number of rotatable bonds is 1. The van der Waals surface area contributed by atoms with Crippen LogP contribution in [0.2, 0.25) is 0 Å². The Bertz CT molecular complexity index is 534. The maximum Gasteiger partial charge on any atom is 0.219 e. The van der Waals surface area contributed by atoms with E-state index in [1.165, 1.54) is 0 Å². The Balaban J connectivity index is 2.01. The minimum atomic E-state index is 0.238. The molecule has 0 spiro atoms. The first-order valence-electron chi connectivity index (χ1n) is 4.33. The molecule has 0 atom stereocenters. The largest absolute Gasteiger partial charge is 0.368 e. The predicted octanol–water partition coefficient (Wildman–Crippen LogP) is 0.186. The Morgan fingerprint density at radius 3 is 2.53 bits per heavy atom. The smallest absolute Gasteiger partial charge is 0.219 e. The normalized spacial score (nSPS) is 17.2. The summed E-state index contributed by atoms with van der Waals surface area (Å²) in [6, 6.07) is 0. The zero-order chi connectivity index (χ0) is 10.3. The van der Waals surface area contributed by atoms with Gasteiger partial charge in [0.05, 0.1) is 5.56 Å². The van der Waals surface area contributed by atoms with Crippen LogP contribution in [0, 0.1) is 0 Å². The molecule has 0 unspecified atom stereocenters. The molecule has 15 heavy (non-hydrogen) atoms. The van der Waals surface area contributed by atoms with Gasteiger partial charge in [-0.3, -0.25) is 0 Å². The second-order valence-electron chi connectivity index (χ2n) is 3.03. The van der Waals surface area contributed by atoms with E-state index in [4.69, 9.17) is 5.73 Å². The van der Waals surface area contributed by atoms with Gasteiger partial charge in [0.25, 0.3) is 0 Å². The molecule has 1 aromatic rings. The van der Waals surface area contributed by atoms with Gasteiger partial charge in [0.2, 0.25) is 5.95 Å². The summed E-state index contributed by atoms with van der Waals surface area (Å²) in [6.45, 7) is 0. The summed E-state index contributed by atoms with van der Waals surface area (Å²) in [5.74, 6) is 1.46. The molecule has 0 saturated heterocycles. The number of fused-ring (bicyclic) bond motifs is 1. The van der Waals surface area contributed by atoms with Crippen molar-refractivity contribution in [2.24, 2.45) is 15.0 Å². The predicted molar refractivity (Wildman–Crippen MR) is 57.0 cm³/mol.